The van der Waals surface area contributed by atoms with Gasteiger partial charge in [0, 0.05) is 11.6 Å². The van der Waals surface area contributed by atoms with Crippen molar-refractivity contribution in [1.82, 2.24) is 5.32 Å². The number of aliphatic carboxylic acids is 1. The van der Waals surface area contributed by atoms with Crippen LogP contribution in [0.1, 0.15) is 26.7 Å². The maximum Gasteiger partial charge on any atom is 0.323 e. The zero-order valence-corrected chi connectivity index (χ0v) is 8.82. The molecule has 0 spiro atoms. The Morgan fingerprint density at radius 1 is 1.69 bits per heavy atom. The van der Waals surface area contributed by atoms with E-state index in [0.717, 1.165) is 6.42 Å². The molecule has 2 N–H and O–H groups in total. The molecule has 0 saturated carbocycles. The van der Waals surface area contributed by atoms with Gasteiger partial charge in [-0.15, -0.1) is 0 Å². The molecule has 0 aliphatic heterocycles. The summed E-state index contributed by atoms with van der Waals surface area (Å²) in [5, 5.41) is 12.2. The highest BCUT2D eigenvalue weighted by Gasteiger charge is 2.31. The van der Waals surface area contributed by atoms with Gasteiger partial charge in [0.05, 0.1) is 0 Å². The number of hydrogen-bond acceptors (Lipinski definition) is 2. The lowest BCUT2D eigenvalue weighted by Crippen LogP contribution is -2.49. The molecule has 0 aliphatic rings. The van der Waals surface area contributed by atoms with E-state index >= 15 is 0 Å². The molecule has 1 atom stereocenters. The molecule has 3 nitrogen and oxygen atoms in total. The van der Waals surface area contributed by atoms with E-state index in [1.807, 2.05) is 6.92 Å². The summed E-state index contributed by atoms with van der Waals surface area (Å²) in [5.41, 5.74) is -0.896. The average Bonchev–Trinajstić information content (AvgIpc) is 2.01. The van der Waals surface area contributed by atoms with E-state index in [1.165, 1.54) is 0 Å². The first-order chi connectivity index (χ1) is 5.92. The van der Waals surface area contributed by atoms with Crippen LogP contribution in [0.5, 0.6) is 0 Å². The van der Waals surface area contributed by atoms with Crippen molar-refractivity contribution in [3.05, 3.63) is 11.6 Å². The largest absolute Gasteiger partial charge is 0.480 e. The molecule has 0 aromatic rings. The third-order valence-corrected chi connectivity index (χ3v) is 2.03. The number of halogens is 1. The smallest absolute Gasteiger partial charge is 0.323 e. The average molecular weight is 206 g/mol. The summed E-state index contributed by atoms with van der Waals surface area (Å²) >= 11 is 5.54. The molecular formula is C9H16ClNO2. The molecule has 4 heteroatoms. The van der Waals surface area contributed by atoms with Crippen molar-refractivity contribution >= 4 is 17.6 Å². The maximum atomic E-state index is 10.9. The number of carboxylic acid groups (broad SMARTS) is 1. The Morgan fingerprint density at radius 2 is 2.23 bits per heavy atom. The number of carbonyl (C=O) groups is 1. The molecular weight excluding hydrogens is 190 g/mol. The van der Waals surface area contributed by atoms with Gasteiger partial charge >= 0.3 is 5.97 Å². The summed E-state index contributed by atoms with van der Waals surface area (Å²) in [6.45, 7) is 7.41. The van der Waals surface area contributed by atoms with Gasteiger partial charge in [-0.2, -0.15) is 0 Å². The van der Waals surface area contributed by atoms with Crippen LogP contribution in [0, 0.1) is 0 Å². The summed E-state index contributed by atoms with van der Waals surface area (Å²) in [7, 11) is 0. The summed E-state index contributed by atoms with van der Waals surface area (Å²) in [4.78, 5) is 10.9. The third kappa shape index (κ3) is 4.29. The van der Waals surface area contributed by atoms with Crippen LogP contribution < -0.4 is 5.32 Å². The van der Waals surface area contributed by atoms with Crippen molar-refractivity contribution in [3.63, 3.8) is 0 Å². The van der Waals surface area contributed by atoms with Crippen LogP contribution in [0.25, 0.3) is 0 Å². The molecule has 13 heavy (non-hydrogen) atoms. The number of carboxylic acids is 1. The predicted molar refractivity (Wildman–Crippen MR) is 53.9 cm³/mol. The van der Waals surface area contributed by atoms with E-state index in [2.05, 4.69) is 11.9 Å². The molecule has 0 bridgehead atoms. The van der Waals surface area contributed by atoms with Gasteiger partial charge in [-0.1, -0.05) is 31.5 Å². The highest BCUT2D eigenvalue weighted by Crippen LogP contribution is 2.13. The Bertz CT molecular complexity index is 206. The predicted octanol–water partition coefficient (Wildman–Crippen LogP) is 1.97. The minimum Gasteiger partial charge on any atom is -0.480 e. The van der Waals surface area contributed by atoms with Gasteiger partial charge < -0.3 is 5.11 Å². The molecule has 76 valence electrons. The second kappa shape index (κ2) is 5.25. The lowest BCUT2D eigenvalue weighted by atomic mass is 9.96. The normalized spacial score (nSPS) is 15.0. The minimum atomic E-state index is -0.896. The highest BCUT2D eigenvalue weighted by molar-refractivity contribution is 6.29. The van der Waals surface area contributed by atoms with Gasteiger partial charge in [-0.05, 0) is 13.3 Å². The summed E-state index contributed by atoms with van der Waals surface area (Å²) < 4.78 is 0. The van der Waals surface area contributed by atoms with Gasteiger partial charge in [0.1, 0.15) is 5.54 Å². The van der Waals surface area contributed by atoms with Crippen LogP contribution in [0.2, 0.25) is 0 Å². The van der Waals surface area contributed by atoms with Crippen molar-refractivity contribution in [3.8, 4) is 0 Å². The summed E-state index contributed by atoms with van der Waals surface area (Å²) in [5.74, 6) is -0.854. The molecule has 0 amide bonds. The zero-order valence-electron chi connectivity index (χ0n) is 8.06. The molecule has 0 saturated heterocycles. The van der Waals surface area contributed by atoms with E-state index in [-0.39, 0.29) is 0 Å². The fourth-order valence-corrected chi connectivity index (χ4v) is 1.13. The molecule has 0 radical (unpaired) electrons. The van der Waals surface area contributed by atoms with Gasteiger partial charge in [0.2, 0.25) is 0 Å². The topological polar surface area (TPSA) is 49.3 Å². The van der Waals surface area contributed by atoms with Crippen LogP contribution in [-0.2, 0) is 4.79 Å². The Labute approximate surface area is 83.8 Å². The summed E-state index contributed by atoms with van der Waals surface area (Å²) in [6.07, 6.45) is 1.39. The van der Waals surface area contributed by atoms with Crippen molar-refractivity contribution in [2.24, 2.45) is 0 Å². The fraction of sp³-hybridized carbons (Fsp3) is 0.667. The van der Waals surface area contributed by atoms with E-state index in [1.54, 1.807) is 6.92 Å². The molecule has 0 aromatic carbocycles. The first-order valence-corrected chi connectivity index (χ1v) is 4.62. The van der Waals surface area contributed by atoms with Crippen molar-refractivity contribution in [1.29, 1.82) is 0 Å². The zero-order chi connectivity index (χ0) is 10.5. The van der Waals surface area contributed by atoms with Crippen LogP contribution in [-0.4, -0.2) is 23.2 Å². The van der Waals surface area contributed by atoms with Gasteiger partial charge in [0.15, 0.2) is 0 Å². The van der Waals surface area contributed by atoms with Crippen molar-refractivity contribution in [2.45, 2.75) is 32.2 Å². The van der Waals surface area contributed by atoms with Gasteiger partial charge in [-0.3, -0.25) is 10.1 Å². The highest BCUT2D eigenvalue weighted by atomic mass is 35.5. The molecule has 0 fully saturated rings. The van der Waals surface area contributed by atoms with E-state index in [9.17, 15) is 4.79 Å². The minimum absolute atomic E-state index is 0.324. The van der Waals surface area contributed by atoms with Crippen LogP contribution in [0.4, 0.5) is 0 Å². The fourth-order valence-electron chi connectivity index (χ4n) is 1.06. The first kappa shape index (κ1) is 12.5. The molecule has 1 unspecified atom stereocenters. The van der Waals surface area contributed by atoms with Crippen LogP contribution in [0.3, 0.4) is 0 Å². The molecule has 0 rings (SSSR count). The van der Waals surface area contributed by atoms with E-state index in [0.29, 0.717) is 18.0 Å². The summed E-state index contributed by atoms with van der Waals surface area (Å²) in [6, 6.07) is 0. The molecule has 0 aliphatic carbocycles. The number of rotatable bonds is 6. The Morgan fingerprint density at radius 3 is 2.54 bits per heavy atom. The maximum absolute atomic E-state index is 10.9. The van der Waals surface area contributed by atoms with Gasteiger partial charge in [-0.25, -0.2) is 0 Å². The second-order valence-corrected chi connectivity index (χ2v) is 3.79. The monoisotopic (exact) mass is 205 g/mol. The molecule has 0 aromatic heterocycles. The second-order valence-electron chi connectivity index (χ2n) is 3.26. The van der Waals surface area contributed by atoms with Crippen LogP contribution in [0.15, 0.2) is 11.6 Å². The van der Waals surface area contributed by atoms with Crippen LogP contribution >= 0.6 is 11.6 Å². The lowest BCUT2D eigenvalue weighted by Gasteiger charge is -2.25. The quantitative estimate of drug-likeness (QED) is 0.697. The number of hydrogen-bond donors (Lipinski definition) is 2. The first-order valence-electron chi connectivity index (χ1n) is 4.24. The van der Waals surface area contributed by atoms with Crippen molar-refractivity contribution in [2.75, 3.05) is 6.54 Å². The standard InChI is InChI=1S/C9H16ClNO2/c1-4-5-9(3,8(12)13)11-6-7(2)10/h11H,2,4-6H2,1,3H3,(H,12,13). The Balaban J connectivity index is 4.24. The van der Waals surface area contributed by atoms with Crippen molar-refractivity contribution < 1.29 is 9.90 Å². The van der Waals surface area contributed by atoms with Gasteiger partial charge in [0.25, 0.3) is 0 Å². The Hall–Kier alpha value is -0.540. The SMILES string of the molecule is C=C(Cl)CNC(C)(CCC)C(=O)O. The number of nitrogens with one attached hydrogen (secondary N) is 1. The Kier molecular flexibility index (Phi) is 5.03. The lowest BCUT2D eigenvalue weighted by molar-refractivity contribution is -0.144. The van der Waals surface area contributed by atoms with E-state index < -0.39 is 11.5 Å². The molecule has 0 heterocycles. The third-order valence-electron chi connectivity index (χ3n) is 1.89. The van der Waals surface area contributed by atoms with E-state index in [4.69, 9.17) is 16.7 Å².